The van der Waals surface area contributed by atoms with E-state index >= 15 is 0 Å². The highest BCUT2D eigenvalue weighted by molar-refractivity contribution is 7.15. The minimum atomic E-state index is -0.381. The van der Waals surface area contributed by atoms with Crippen LogP contribution in [0.2, 0.25) is 0 Å². The Labute approximate surface area is 139 Å². The van der Waals surface area contributed by atoms with Crippen LogP contribution < -0.4 is 16.0 Å². The normalized spacial score (nSPS) is 10.2. The highest BCUT2D eigenvalue weighted by Gasteiger charge is 2.10. The zero-order chi connectivity index (χ0) is 16.7. The largest absolute Gasteiger partial charge is 0.334 e. The van der Waals surface area contributed by atoms with Crippen LogP contribution in [0.25, 0.3) is 0 Å². The number of benzene rings is 1. The second kappa shape index (κ2) is 8.28. The van der Waals surface area contributed by atoms with Crippen molar-refractivity contribution in [2.24, 2.45) is 0 Å². The average Bonchev–Trinajstić information content (AvgIpc) is 2.91. The van der Waals surface area contributed by atoms with Gasteiger partial charge >= 0.3 is 6.03 Å². The van der Waals surface area contributed by atoms with E-state index in [-0.39, 0.29) is 18.5 Å². The maximum absolute atomic E-state index is 11.8. The molecule has 0 radical (unpaired) electrons. The lowest BCUT2D eigenvalue weighted by Gasteiger charge is -2.07. The Bertz CT molecular complexity index is 670. The van der Waals surface area contributed by atoms with E-state index in [1.807, 2.05) is 44.2 Å². The van der Waals surface area contributed by atoms with Gasteiger partial charge in [0.15, 0.2) is 5.13 Å². The van der Waals surface area contributed by atoms with Gasteiger partial charge in [-0.25, -0.2) is 9.78 Å². The van der Waals surface area contributed by atoms with Crippen molar-refractivity contribution < 1.29 is 9.59 Å². The van der Waals surface area contributed by atoms with E-state index < -0.39 is 0 Å². The summed E-state index contributed by atoms with van der Waals surface area (Å²) in [6, 6.07) is 9.18. The van der Waals surface area contributed by atoms with E-state index in [0.29, 0.717) is 11.7 Å². The molecule has 0 fully saturated rings. The Kier molecular flexibility index (Phi) is 6.10. The molecule has 0 saturated carbocycles. The first kappa shape index (κ1) is 17.0. The fourth-order valence-electron chi connectivity index (χ4n) is 1.97. The van der Waals surface area contributed by atoms with Crippen LogP contribution in [0.3, 0.4) is 0 Å². The summed E-state index contributed by atoms with van der Waals surface area (Å²) in [5.74, 6) is -0.295. The summed E-state index contributed by atoms with van der Waals surface area (Å²) in [5.41, 5.74) is 1.98. The highest BCUT2D eigenvalue weighted by Crippen LogP contribution is 2.21. The molecule has 1 heterocycles. The SMILES string of the molecule is CCc1nc(NC(=O)CNC(=O)NCc2ccccc2)sc1C. The Morgan fingerprint density at radius 1 is 1.17 bits per heavy atom. The number of amides is 3. The number of thiazole rings is 1. The van der Waals surface area contributed by atoms with Gasteiger partial charge in [0.1, 0.15) is 0 Å². The lowest BCUT2D eigenvalue weighted by Crippen LogP contribution is -2.39. The highest BCUT2D eigenvalue weighted by atomic mass is 32.1. The third-order valence-electron chi connectivity index (χ3n) is 3.18. The quantitative estimate of drug-likeness (QED) is 0.760. The van der Waals surface area contributed by atoms with E-state index in [1.165, 1.54) is 11.3 Å². The van der Waals surface area contributed by atoms with E-state index in [4.69, 9.17) is 0 Å². The van der Waals surface area contributed by atoms with Crippen molar-refractivity contribution in [2.45, 2.75) is 26.8 Å². The van der Waals surface area contributed by atoms with Crippen molar-refractivity contribution in [1.82, 2.24) is 15.6 Å². The molecule has 6 nitrogen and oxygen atoms in total. The first-order valence-corrected chi connectivity index (χ1v) is 8.22. The molecular formula is C16H20N4O2S. The first-order chi connectivity index (χ1) is 11.1. The summed E-state index contributed by atoms with van der Waals surface area (Å²) in [5, 5.41) is 8.48. The molecule has 0 aliphatic rings. The van der Waals surface area contributed by atoms with Crippen LogP contribution in [0.4, 0.5) is 9.93 Å². The number of rotatable bonds is 6. The van der Waals surface area contributed by atoms with Crippen LogP contribution in [0, 0.1) is 6.92 Å². The zero-order valence-electron chi connectivity index (χ0n) is 13.2. The molecule has 2 aromatic rings. The van der Waals surface area contributed by atoms with E-state index in [2.05, 4.69) is 20.9 Å². The van der Waals surface area contributed by atoms with Gasteiger partial charge in [0.25, 0.3) is 0 Å². The van der Waals surface area contributed by atoms with Gasteiger partial charge in [-0.1, -0.05) is 37.3 Å². The molecule has 1 aromatic heterocycles. The van der Waals surface area contributed by atoms with Crippen molar-refractivity contribution in [1.29, 1.82) is 0 Å². The summed E-state index contributed by atoms with van der Waals surface area (Å²) in [6.45, 7) is 4.31. The average molecular weight is 332 g/mol. The molecule has 0 bridgehead atoms. The maximum atomic E-state index is 11.8. The minimum Gasteiger partial charge on any atom is -0.334 e. The Morgan fingerprint density at radius 3 is 2.57 bits per heavy atom. The molecule has 0 atom stereocenters. The predicted octanol–water partition coefficient (Wildman–Crippen LogP) is 2.45. The molecular weight excluding hydrogens is 312 g/mol. The Morgan fingerprint density at radius 2 is 1.91 bits per heavy atom. The summed E-state index contributed by atoms with van der Waals surface area (Å²) < 4.78 is 0. The number of carbonyl (C=O) groups excluding carboxylic acids is 2. The van der Waals surface area contributed by atoms with Gasteiger partial charge in [-0.05, 0) is 18.9 Å². The Balaban J connectivity index is 1.72. The number of nitrogens with one attached hydrogen (secondary N) is 3. The smallest absolute Gasteiger partial charge is 0.315 e. The summed E-state index contributed by atoms with van der Waals surface area (Å²) >= 11 is 1.44. The van der Waals surface area contributed by atoms with Crippen molar-refractivity contribution in [3.8, 4) is 0 Å². The van der Waals surface area contributed by atoms with Gasteiger partial charge < -0.3 is 16.0 Å². The van der Waals surface area contributed by atoms with Gasteiger partial charge in [-0.3, -0.25) is 4.79 Å². The minimum absolute atomic E-state index is 0.0965. The summed E-state index contributed by atoms with van der Waals surface area (Å²) in [7, 11) is 0. The third kappa shape index (κ3) is 5.37. The molecule has 1 aromatic carbocycles. The van der Waals surface area contributed by atoms with Crippen LogP contribution in [0.5, 0.6) is 0 Å². The van der Waals surface area contributed by atoms with Crippen molar-refractivity contribution >= 4 is 28.4 Å². The number of carbonyl (C=O) groups is 2. The zero-order valence-corrected chi connectivity index (χ0v) is 14.0. The second-order valence-corrected chi connectivity index (χ2v) is 6.15. The number of hydrogen-bond acceptors (Lipinski definition) is 4. The molecule has 0 aliphatic heterocycles. The van der Waals surface area contributed by atoms with Gasteiger partial charge in [0, 0.05) is 11.4 Å². The van der Waals surface area contributed by atoms with E-state index in [9.17, 15) is 9.59 Å². The summed E-state index contributed by atoms with van der Waals surface area (Å²) in [4.78, 5) is 28.9. The molecule has 0 unspecified atom stereocenters. The first-order valence-electron chi connectivity index (χ1n) is 7.40. The molecule has 3 amide bonds. The fraction of sp³-hybridized carbons (Fsp3) is 0.312. The molecule has 0 saturated heterocycles. The molecule has 7 heteroatoms. The standard InChI is InChI=1S/C16H20N4O2S/c1-3-13-11(2)23-16(19-13)20-14(21)10-18-15(22)17-9-12-7-5-4-6-8-12/h4-8H,3,9-10H2,1-2H3,(H2,17,18,22)(H,19,20,21). The Hall–Kier alpha value is -2.41. The van der Waals surface area contributed by atoms with E-state index in [0.717, 1.165) is 22.6 Å². The summed E-state index contributed by atoms with van der Waals surface area (Å²) in [6.07, 6.45) is 0.832. The van der Waals surface area contributed by atoms with Crippen LogP contribution in [0.1, 0.15) is 23.1 Å². The van der Waals surface area contributed by atoms with Gasteiger partial charge in [0.05, 0.1) is 12.2 Å². The lowest BCUT2D eigenvalue weighted by atomic mass is 10.2. The molecule has 0 aliphatic carbocycles. The number of anilines is 1. The van der Waals surface area contributed by atoms with Crippen LogP contribution in [-0.4, -0.2) is 23.5 Å². The van der Waals surface area contributed by atoms with Crippen molar-refractivity contribution in [2.75, 3.05) is 11.9 Å². The van der Waals surface area contributed by atoms with Crippen molar-refractivity contribution in [3.63, 3.8) is 0 Å². The number of hydrogen-bond donors (Lipinski definition) is 3. The molecule has 2 rings (SSSR count). The van der Waals surface area contributed by atoms with Crippen LogP contribution in [0.15, 0.2) is 30.3 Å². The van der Waals surface area contributed by atoms with Gasteiger partial charge in [0.2, 0.25) is 5.91 Å². The maximum Gasteiger partial charge on any atom is 0.315 e. The molecule has 0 spiro atoms. The van der Waals surface area contributed by atoms with Crippen LogP contribution in [-0.2, 0) is 17.8 Å². The monoisotopic (exact) mass is 332 g/mol. The lowest BCUT2D eigenvalue weighted by molar-refractivity contribution is -0.115. The number of aryl methyl sites for hydroxylation is 2. The molecule has 3 N–H and O–H groups in total. The van der Waals surface area contributed by atoms with Crippen LogP contribution >= 0.6 is 11.3 Å². The van der Waals surface area contributed by atoms with Gasteiger partial charge in [-0.15, -0.1) is 11.3 Å². The number of nitrogens with zero attached hydrogens (tertiary/aromatic N) is 1. The van der Waals surface area contributed by atoms with Crippen molar-refractivity contribution in [3.05, 3.63) is 46.5 Å². The number of aromatic nitrogens is 1. The van der Waals surface area contributed by atoms with Gasteiger partial charge in [-0.2, -0.15) is 0 Å². The second-order valence-electron chi connectivity index (χ2n) is 4.95. The predicted molar refractivity (Wildman–Crippen MR) is 91.5 cm³/mol. The molecule has 122 valence electrons. The topological polar surface area (TPSA) is 83.1 Å². The fourth-order valence-corrected chi connectivity index (χ4v) is 2.89. The number of urea groups is 1. The third-order valence-corrected chi connectivity index (χ3v) is 4.11. The molecule has 23 heavy (non-hydrogen) atoms. The van der Waals surface area contributed by atoms with E-state index in [1.54, 1.807) is 0 Å².